The van der Waals surface area contributed by atoms with Crippen LogP contribution in [0.1, 0.15) is 46.5 Å². The van der Waals surface area contributed by atoms with Gasteiger partial charge in [-0.15, -0.1) is 0 Å². The third kappa shape index (κ3) is 5.86. The van der Waals surface area contributed by atoms with Gasteiger partial charge in [0.25, 0.3) is 5.91 Å². The van der Waals surface area contributed by atoms with Crippen LogP contribution < -0.4 is 5.32 Å². The van der Waals surface area contributed by atoms with E-state index >= 15 is 0 Å². The van der Waals surface area contributed by atoms with Gasteiger partial charge in [-0.2, -0.15) is 4.31 Å². The lowest BCUT2D eigenvalue weighted by atomic mass is 10.0. The third-order valence-electron chi connectivity index (χ3n) is 6.85. The van der Waals surface area contributed by atoms with Crippen molar-refractivity contribution in [2.24, 2.45) is 0 Å². The molecule has 1 fully saturated rings. The van der Waals surface area contributed by atoms with Crippen LogP contribution in [0.15, 0.2) is 71.6 Å². The van der Waals surface area contributed by atoms with Crippen molar-refractivity contribution in [1.29, 1.82) is 0 Å². The molecular weight excluding hydrogens is 470 g/mol. The number of nitrogens with zero attached hydrogens (tertiary/aromatic N) is 2. The Morgan fingerprint density at radius 2 is 1.42 bits per heavy atom. The monoisotopic (exact) mass is 505 g/mol. The van der Waals surface area contributed by atoms with E-state index in [1.807, 2.05) is 49.4 Å². The van der Waals surface area contributed by atoms with E-state index in [1.54, 1.807) is 16.4 Å². The van der Waals surface area contributed by atoms with Crippen molar-refractivity contribution in [3.63, 3.8) is 0 Å². The van der Waals surface area contributed by atoms with Crippen molar-refractivity contribution in [2.45, 2.75) is 45.1 Å². The molecule has 0 radical (unpaired) electrons. The molecule has 0 saturated carbocycles. The van der Waals surface area contributed by atoms with Crippen LogP contribution in [-0.4, -0.2) is 49.7 Å². The summed E-state index contributed by atoms with van der Waals surface area (Å²) in [5.41, 5.74) is 5.98. The maximum atomic E-state index is 12.9. The van der Waals surface area contributed by atoms with Crippen molar-refractivity contribution in [2.75, 3.05) is 31.5 Å². The fourth-order valence-corrected chi connectivity index (χ4v) is 6.02. The summed E-state index contributed by atoms with van der Waals surface area (Å²) in [7, 11) is -3.46. The summed E-state index contributed by atoms with van der Waals surface area (Å²) < 4.78 is 27.5. The number of hydrogen-bond acceptors (Lipinski definition) is 4. The van der Waals surface area contributed by atoms with E-state index in [9.17, 15) is 13.2 Å². The van der Waals surface area contributed by atoms with Gasteiger partial charge < -0.3 is 5.32 Å². The number of piperazine rings is 1. The molecule has 1 aliphatic heterocycles. The Morgan fingerprint density at radius 3 is 1.97 bits per heavy atom. The molecule has 0 bridgehead atoms. The van der Waals surface area contributed by atoms with Gasteiger partial charge in [0.1, 0.15) is 0 Å². The molecule has 190 valence electrons. The fourth-order valence-electron chi connectivity index (χ4n) is 4.60. The van der Waals surface area contributed by atoms with E-state index in [-0.39, 0.29) is 5.91 Å². The molecule has 1 heterocycles. The lowest BCUT2D eigenvalue weighted by Crippen LogP contribution is -2.48. The Morgan fingerprint density at radius 1 is 0.833 bits per heavy atom. The van der Waals surface area contributed by atoms with Gasteiger partial charge >= 0.3 is 0 Å². The molecule has 0 aromatic heterocycles. The maximum absolute atomic E-state index is 12.9. The zero-order valence-electron chi connectivity index (χ0n) is 21.3. The molecule has 3 aromatic rings. The molecule has 0 spiro atoms. The molecule has 1 saturated heterocycles. The number of carbonyl (C=O) groups excluding carboxylic acids is 1. The van der Waals surface area contributed by atoms with Crippen molar-refractivity contribution in [3.05, 3.63) is 94.5 Å². The van der Waals surface area contributed by atoms with Crippen LogP contribution in [-0.2, 0) is 29.4 Å². The highest BCUT2D eigenvalue weighted by molar-refractivity contribution is 7.89. The van der Waals surface area contributed by atoms with Gasteiger partial charge in [0.15, 0.2) is 0 Å². The van der Waals surface area contributed by atoms with E-state index in [1.165, 1.54) is 0 Å². The fraction of sp³-hybridized carbons (Fsp3) is 0.345. The topological polar surface area (TPSA) is 69.7 Å². The average Bonchev–Trinajstić information content (AvgIpc) is 2.89. The zero-order chi connectivity index (χ0) is 25.7. The maximum Gasteiger partial charge on any atom is 0.255 e. The molecule has 0 aliphatic carbocycles. The minimum Gasteiger partial charge on any atom is -0.321 e. The van der Waals surface area contributed by atoms with Gasteiger partial charge in [-0.1, -0.05) is 61.9 Å². The molecule has 7 heteroatoms. The number of sulfonamides is 1. The Balaban J connectivity index is 1.34. The summed E-state index contributed by atoms with van der Waals surface area (Å²) in [6.07, 6.45) is 1.73. The second-order valence-corrected chi connectivity index (χ2v) is 11.2. The summed E-state index contributed by atoms with van der Waals surface area (Å²) >= 11 is 0. The summed E-state index contributed by atoms with van der Waals surface area (Å²) in [4.78, 5) is 15.5. The molecule has 0 atom stereocenters. The zero-order valence-corrected chi connectivity index (χ0v) is 22.1. The SMILES string of the molecule is CCc1cccc(CC)c1NC(=O)c1ccc(CN2CCN(S(=O)(=O)c3ccc(C)cc3)CC2)cc1. The Kier molecular flexibility index (Phi) is 8.24. The first-order chi connectivity index (χ1) is 17.3. The number of benzene rings is 3. The molecule has 36 heavy (non-hydrogen) atoms. The van der Waals surface area contributed by atoms with Crippen molar-refractivity contribution >= 4 is 21.6 Å². The van der Waals surface area contributed by atoms with Crippen LogP contribution in [0.3, 0.4) is 0 Å². The second-order valence-electron chi connectivity index (χ2n) is 9.30. The standard InChI is InChI=1S/C29H35N3O3S/c1-4-24-7-6-8-25(5-2)28(24)30-29(33)26-13-11-23(12-14-26)21-31-17-19-32(20-18-31)36(34,35)27-15-9-22(3)10-16-27/h6-16H,4-5,17-21H2,1-3H3,(H,30,33). The van der Waals surface area contributed by atoms with E-state index < -0.39 is 10.0 Å². The normalized spacial score (nSPS) is 15.1. The molecule has 1 N–H and O–H groups in total. The van der Waals surface area contributed by atoms with E-state index in [0.717, 1.165) is 47.3 Å². The van der Waals surface area contributed by atoms with E-state index in [4.69, 9.17) is 0 Å². The Bertz CT molecular complexity index is 1270. The highest BCUT2D eigenvalue weighted by Gasteiger charge is 2.28. The predicted octanol–water partition coefficient (Wildman–Crippen LogP) is 4.88. The van der Waals surface area contributed by atoms with Crippen LogP contribution in [0.5, 0.6) is 0 Å². The molecule has 1 aliphatic rings. The number of anilines is 1. The highest BCUT2D eigenvalue weighted by atomic mass is 32.2. The summed E-state index contributed by atoms with van der Waals surface area (Å²) in [5, 5.41) is 3.12. The first-order valence-corrected chi connectivity index (χ1v) is 14.1. The molecule has 3 aromatic carbocycles. The number of carbonyl (C=O) groups is 1. The van der Waals surface area contributed by atoms with Crippen LogP contribution in [0.25, 0.3) is 0 Å². The van der Waals surface area contributed by atoms with Crippen LogP contribution >= 0.6 is 0 Å². The van der Waals surface area contributed by atoms with E-state index in [2.05, 4.69) is 36.2 Å². The number of aryl methyl sites for hydroxylation is 3. The second kappa shape index (κ2) is 11.4. The largest absolute Gasteiger partial charge is 0.321 e. The van der Waals surface area contributed by atoms with Gasteiger partial charge in [-0.25, -0.2) is 8.42 Å². The molecular formula is C29H35N3O3S. The van der Waals surface area contributed by atoms with Crippen molar-refractivity contribution in [1.82, 2.24) is 9.21 Å². The highest BCUT2D eigenvalue weighted by Crippen LogP contribution is 2.24. The Labute approximate surface area is 215 Å². The van der Waals surface area contributed by atoms with Gasteiger partial charge in [-0.3, -0.25) is 9.69 Å². The number of hydrogen-bond donors (Lipinski definition) is 1. The summed E-state index contributed by atoms with van der Waals surface area (Å²) in [5.74, 6) is -0.105. The molecule has 0 unspecified atom stereocenters. The lowest BCUT2D eigenvalue weighted by Gasteiger charge is -2.34. The molecule has 6 nitrogen and oxygen atoms in total. The van der Waals surface area contributed by atoms with E-state index in [0.29, 0.717) is 36.6 Å². The van der Waals surface area contributed by atoms with Crippen molar-refractivity contribution < 1.29 is 13.2 Å². The van der Waals surface area contributed by atoms with Crippen LogP contribution in [0.4, 0.5) is 5.69 Å². The quantitative estimate of drug-likeness (QED) is 0.474. The average molecular weight is 506 g/mol. The summed E-state index contributed by atoms with van der Waals surface area (Å²) in [6.45, 7) is 9.12. The predicted molar refractivity (Wildman–Crippen MR) is 145 cm³/mol. The minimum atomic E-state index is -3.46. The van der Waals surface area contributed by atoms with Crippen LogP contribution in [0.2, 0.25) is 0 Å². The number of nitrogens with one attached hydrogen (secondary N) is 1. The smallest absolute Gasteiger partial charge is 0.255 e. The number of rotatable bonds is 8. The van der Waals surface area contributed by atoms with Crippen LogP contribution in [0, 0.1) is 6.92 Å². The minimum absolute atomic E-state index is 0.105. The van der Waals surface area contributed by atoms with Gasteiger partial charge in [0.2, 0.25) is 10.0 Å². The first-order valence-electron chi connectivity index (χ1n) is 12.6. The van der Waals surface area contributed by atoms with Gasteiger partial charge in [0.05, 0.1) is 4.90 Å². The third-order valence-corrected chi connectivity index (χ3v) is 8.76. The number of amides is 1. The molecule has 4 rings (SSSR count). The van der Waals surface area contributed by atoms with Gasteiger partial charge in [0, 0.05) is 44.0 Å². The van der Waals surface area contributed by atoms with Crippen molar-refractivity contribution in [3.8, 4) is 0 Å². The lowest BCUT2D eigenvalue weighted by molar-refractivity contribution is 0.102. The number of para-hydroxylation sites is 1. The first kappa shape index (κ1) is 26.1. The van der Waals surface area contributed by atoms with Gasteiger partial charge in [-0.05, 0) is 60.7 Å². The summed E-state index contributed by atoms with van der Waals surface area (Å²) in [6, 6.07) is 20.9. The Hall–Kier alpha value is -3.00. The molecule has 1 amide bonds.